The Morgan fingerprint density at radius 3 is 2.82 bits per heavy atom. The van der Waals surface area contributed by atoms with E-state index in [9.17, 15) is 0 Å². The molecule has 0 aliphatic carbocycles. The lowest BCUT2D eigenvalue weighted by Gasteiger charge is -2.17. The summed E-state index contributed by atoms with van der Waals surface area (Å²) in [5.41, 5.74) is 3.54. The van der Waals surface area contributed by atoms with Crippen molar-refractivity contribution in [2.24, 2.45) is 0 Å². The molecule has 17 heavy (non-hydrogen) atoms. The predicted molar refractivity (Wildman–Crippen MR) is 75.2 cm³/mol. The summed E-state index contributed by atoms with van der Waals surface area (Å²) in [7, 11) is 0. The van der Waals surface area contributed by atoms with Crippen molar-refractivity contribution in [3.8, 4) is 0 Å². The lowest BCUT2D eigenvalue weighted by Crippen LogP contribution is -2.07. The monoisotopic (exact) mass is 290 g/mol. The molecular formula is C14H15BrN2. The summed E-state index contributed by atoms with van der Waals surface area (Å²) in [6.45, 7) is 4.22. The fourth-order valence-corrected chi connectivity index (χ4v) is 2.06. The van der Waals surface area contributed by atoms with Crippen LogP contribution in [0.4, 0.5) is 5.69 Å². The standard InChI is InChI=1S/C14H15BrN2/c1-10-5-6-13(15)14(8-10)17-11(2)12-4-3-7-16-9-12/h3-9,11,17H,1-2H3. The van der Waals surface area contributed by atoms with Crippen molar-refractivity contribution in [2.75, 3.05) is 5.32 Å². The average molecular weight is 291 g/mol. The summed E-state index contributed by atoms with van der Waals surface area (Å²) < 4.78 is 1.08. The molecule has 1 atom stereocenters. The number of pyridine rings is 1. The Hall–Kier alpha value is -1.35. The predicted octanol–water partition coefficient (Wildman–Crippen LogP) is 4.33. The van der Waals surface area contributed by atoms with Crippen LogP contribution in [0, 0.1) is 6.92 Å². The van der Waals surface area contributed by atoms with Crippen LogP contribution in [-0.4, -0.2) is 4.98 Å². The van der Waals surface area contributed by atoms with E-state index in [2.05, 4.69) is 64.3 Å². The molecule has 0 spiro atoms. The highest BCUT2D eigenvalue weighted by atomic mass is 79.9. The maximum atomic E-state index is 4.14. The first-order valence-electron chi connectivity index (χ1n) is 5.59. The van der Waals surface area contributed by atoms with E-state index < -0.39 is 0 Å². The van der Waals surface area contributed by atoms with Crippen molar-refractivity contribution < 1.29 is 0 Å². The minimum atomic E-state index is 0.238. The number of rotatable bonds is 3. The molecule has 0 saturated heterocycles. The molecule has 3 heteroatoms. The minimum absolute atomic E-state index is 0.238. The number of hydrogen-bond donors (Lipinski definition) is 1. The Balaban J connectivity index is 2.18. The summed E-state index contributed by atoms with van der Waals surface area (Å²) in [6, 6.07) is 10.6. The Labute approximate surface area is 110 Å². The zero-order valence-corrected chi connectivity index (χ0v) is 11.5. The second-order valence-corrected chi connectivity index (χ2v) is 4.99. The molecular weight excluding hydrogens is 276 g/mol. The van der Waals surface area contributed by atoms with E-state index in [-0.39, 0.29) is 6.04 Å². The molecule has 1 heterocycles. The van der Waals surface area contributed by atoms with Crippen molar-refractivity contribution >= 4 is 21.6 Å². The Morgan fingerprint density at radius 2 is 2.12 bits per heavy atom. The molecule has 88 valence electrons. The van der Waals surface area contributed by atoms with Crippen molar-refractivity contribution in [1.29, 1.82) is 0 Å². The van der Waals surface area contributed by atoms with Gasteiger partial charge in [-0.1, -0.05) is 12.1 Å². The van der Waals surface area contributed by atoms with Crippen LogP contribution in [-0.2, 0) is 0 Å². The molecule has 2 aromatic rings. The van der Waals surface area contributed by atoms with Gasteiger partial charge in [-0.3, -0.25) is 4.98 Å². The first kappa shape index (κ1) is 12.1. The molecule has 0 bridgehead atoms. The second kappa shape index (κ2) is 5.32. The molecule has 0 saturated carbocycles. The second-order valence-electron chi connectivity index (χ2n) is 4.14. The quantitative estimate of drug-likeness (QED) is 0.910. The third-order valence-electron chi connectivity index (χ3n) is 2.68. The first-order chi connectivity index (χ1) is 8.16. The third-order valence-corrected chi connectivity index (χ3v) is 3.37. The summed E-state index contributed by atoms with van der Waals surface area (Å²) in [5.74, 6) is 0. The van der Waals surface area contributed by atoms with E-state index in [0.29, 0.717) is 0 Å². The number of hydrogen-bond acceptors (Lipinski definition) is 2. The van der Waals surface area contributed by atoms with Crippen LogP contribution in [0.25, 0.3) is 0 Å². The smallest absolute Gasteiger partial charge is 0.0501 e. The Bertz CT molecular complexity index is 497. The number of benzene rings is 1. The van der Waals surface area contributed by atoms with Gasteiger partial charge in [0.1, 0.15) is 0 Å². The summed E-state index contributed by atoms with van der Waals surface area (Å²) in [5, 5.41) is 3.48. The molecule has 0 aliphatic heterocycles. The highest BCUT2D eigenvalue weighted by molar-refractivity contribution is 9.10. The van der Waals surface area contributed by atoms with Crippen LogP contribution >= 0.6 is 15.9 Å². The van der Waals surface area contributed by atoms with E-state index in [1.54, 1.807) is 6.20 Å². The molecule has 0 radical (unpaired) electrons. The molecule has 0 fully saturated rings. The molecule has 0 aliphatic rings. The Morgan fingerprint density at radius 1 is 1.29 bits per heavy atom. The van der Waals surface area contributed by atoms with Crippen LogP contribution in [0.15, 0.2) is 47.2 Å². The number of aryl methyl sites for hydroxylation is 1. The van der Waals surface area contributed by atoms with Crippen LogP contribution in [0.1, 0.15) is 24.1 Å². The highest BCUT2D eigenvalue weighted by Crippen LogP contribution is 2.27. The van der Waals surface area contributed by atoms with Gasteiger partial charge in [0.25, 0.3) is 0 Å². The van der Waals surface area contributed by atoms with Gasteiger partial charge in [0.05, 0.1) is 6.04 Å². The summed E-state index contributed by atoms with van der Waals surface area (Å²) in [4.78, 5) is 4.14. The zero-order valence-electron chi connectivity index (χ0n) is 9.94. The largest absolute Gasteiger partial charge is 0.378 e. The number of anilines is 1. The third kappa shape index (κ3) is 3.07. The Kier molecular flexibility index (Phi) is 3.79. The highest BCUT2D eigenvalue weighted by Gasteiger charge is 2.07. The molecule has 2 nitrogen and oxygen atoms in total. The van der Waals surface area contributed by atoms with E-state index in [0.717, 1.165) is 10.2 Å². The molecule has 1 aromatic heterocycles. The van der Waals surface area contributed by atoms with Crippen LogP contribution in [0.2, 0.25) is 0 Å². The maximum absolute atomic E-state index is 4.14. The van der Waals surface area contributed by atoms with Crippen molar-refractivity contribution in [2.45, 2.75) is 19.9 Å². The van der Waals surface area contributed by atoms with Gasteiger partial charge in [0, 0.05) is 22.6 Å². The van der Waals surface area contributed by atoms with Gasteiger partial charge in [-0.2, -0.15) is 0 Å². The summed E-state index contributed by atoms with van der Waals surface area (Å²) in [6.07, 6.45) is 3.68. The minimum Gasteiger partial charge on any atom is -0.378 e. The van der Waals surface area contributed by atoms with E-state index in [4.69, 9.17) is 0 Å². The van der Waals surface area contributed by atoms with Gasteiger partial charge in [-0.15, -0.1) is 0 Å². The molecule has 0 amide bonds. The number of halogens is 1. The number of nitrogens with one attached hydrogen (secondary N) is 1. The van der Waals surface area contributed by atoms with Gasteiger partial charge >= 0.3 is 0 Å². The number of nitrogens with zero attached hydrogens (tertiary/aromatic N) is 1. The lowest BCUT2D eigenvalue weighted by atomic mass is 10.1. The molecule has 1 aromatic carbocycles. The fraction of sp³-hybridized carbons (Fsp3) is 0.214. The topological polar surface area (TPSA) is 24.9 Å². The van der Waals surface area contributed by atoms with Gasteiger partial charge in [-0.05, 0) is 59.1 Å². The van der Waals surface area contributed by atoms with Gasteiger partial charge < -0.3 is 5.32 Å². The van der Waals surface area contributed by atoms with Gasteiger partial charge in [-0.25, -0.2) is 0 Å². The van der Waals surface area contributed by atoms with E-state index in [1.807, 2.05) is 12.3 Å². The van der Waals surface area contributed by atoms with Gasteiger partial charge in [0.15, 0.2) is 0 Å². The van der Waals surface area contributed by atoms with Crippen LogP contribution < -0.4 is 5.32 Å². The lowest BCUT2D eigenvalue weighted by molar-refractivity contribution is 0.874. The fourth-order valence-electron chi connectivity index (χ4n) is 1.70. The van der Waals surface area contributed by atoms with Gasteiger partial charge in [0.2, 0.25) is 0 Å². The number of aromatic nitrogens is 1. The molecule has 1 unspecified atom stereocenters. The van der Waals surface area contributed by atoms with Crippen molar-refractivity contribution in [3.63, 3.8) is 0 Å². The van der Waals surface area contributed by atoms with Crippen molar-refractivity contribution in [3.05, 3.63) is 58.3 Å². The van der Waals surface area contributed by atoms with Crippen molar-refractivity contribution in [1.82, 2.24) is 4.98 Å². The van der Waals surface area contributed by atoms with E-state index in [1.165, 1.54) is 11.1 Å². The normalized spacial score (nSPS) is 12.2. The summed E-state index contributed by atoms with van der Waals surface area (Å²) >= 11 is 3.55. The maximum Gasteiger partial charge on any atom is 0.0501 e. The van der Waals surface area contributed by atoms with E-state index >= 15 is 0 Å². The van der Waals surface area contributed by atoms with Crippen LogP contribution in [0.5, 0.6) is 0 Å². The molecule has 1 N–H and O–H groups in total. The zero-order chi connectivity index (χ0) is 12.3. The SMILES string of the molecule is Cc1ccc(Br)c(NC(C)c2cccnc2)c1. The molecule has 2 rings (SSSR count). The van der Waals surface area contributed by atoms with Crippen LogP contribution in [0.3, 0.4) is 0 Å². The first-order valence-corrected chi connectivity index (χ1v) is 6.39. The average Bonchev–Trinajstić information content (AvgIpc) is 2.35.